The molecule has 0 saturated carbocycles. The van der Waals surface area contributed by atoms with Crippen molar-refractivity contribution in [1.82, 2.24) is 14.7 Å². The molecule has 4 N–H and O–H groups in total. The second kappa shape index (κ2) is 5.41. The van der Waals surface area contributed by atoms with Gasteiger partial charge in [-0.15, -0.1) is 0 Å². The van der Waals surface area contributed by atoms with E-state index in [2.05, 4.69) is 14.7 Å². The van der Waals surface area contributed by atoms with Crippen LogP contribution in [0.5, 0.6) is 0 Å². The van der Waals surface area contributed by atoms with Gasteiger partial charge in [0.25, 0.3) is 0 Å². The van der Waals surface area contributed by atoms with Crippen LogP contribution in [0.3, 0.4) is 0 Å². The normalized spacial score (nSPS) is 13.3. The molecule has 1 unspecified atom stereocenters. The predicted molar refractivity (Wildman–Crippen MR) is 73.6 cm³/mol. The van der Waals surface area contributed by atoms with Crippen LogP contribution < -0.4 is 10.5 Å². The molecule has 1 aromatic heterocycles. The molecule has 1 heterocycles. The average Bonchev–Trinajstić information content (AvgIpc) is 2.85. The molecule has 0 radical (unpaired) electrons. The number of nitrogens with zero attached hydrogens (tertiary/aromatic N) is 1. The maximum atomic E-state index is 12.0. The molecule has 0 amide bonds. The number of aromatic nitrogens is 2. The van der Waals surface area contributed by atoms with E-state index < -0.39 is 16.1 Å². The molecule has 19 heavy (non-hydrogen) atoms. The molecule has 0 aliphatic rings. The van der Waals surface area contributed by atoms with Gasteiger partial charge in [-0.05, 0) is 24.6 Å². The summed E-state index contributed by atoms with van der Waals surface area (Å²) in [5.41, 5.74) is 6.86. The van der Waals surface area contributed by atoms with Crippen LogP contribution >= 0.6 is 0 Å². The molecule has 1 aromatic carbocycles. The van der Waals surface area contributed by atoms with E-state index >= 15 is 0 Å². The molecule has 0 bridgehead atoms. The Bertz CT molecular complexity index is 620. The standard InChI is InChI=1S/C12H16N4O2S/c1-9(12-14-6-7-15-12)16-19(17,18)8-10-2-4-11(13)5-3-10/h2-7,9,16H,8,13H2,1H3,(H,14,15). The average molecular weight is 280 g/mol. The van der Waals surface area contributed by atoms with Crippen LogP contribution in [0.15, 0.2) is 36.7 Å². The van der Waals surface area contributed by atoms with Gasteiger partial charge in [0.05, 0.1) is 11.8 Å². The number of nitrogen functional groups attached to an aromatic ring is 1. The molecule has 0 spiro atoms. The number of sulfonamides is 1. The Morgan fingerprint density at radius 3 is 2.63 bits per heavy atom. The lowest BCUT2D eigenvalue weighted by Gasteiger charge is -2.12. The van der Waals surface area contributed by atoms with Gasteiger partial charge in [-0.25, -0.2) is 18.1 Å². The molecule has 0 aliphatic carbocycles. The third-order valence-corrected chi connectivity index (χ3v) is 4.05. The van der Waals surface area contributed by atoms with E-state index in [1.165, 1.54) is 0 Å². The molecule has 2 aromatic rings. The van der Waals surface area contributed by atoms with Crippen molar-refractivity contribution < 1.29 is 8.42 Å². The molecule has 1 atom stereocenters. The number of hydrogen-bond acceptors (Lipinski definition) is 4. The second-order valence-electron chi connectivity index (χ2n) is 4.31. The van der Waals surface area contributed by atoms with Crippen LogP contribution in [0.1, 0.15) is 24.4 Å². The van der Waals surface area contributed by atoms with Crippen LogP contribution in [0.2, 0.25) is 0 Å². The van der Waals surface area contributed by atoms with Crippen LogP contribution in [0, 0.1) is 0 Å². The summed E-state index contributed by atoms with van der Waals surface area (Å²) < 4.78 is 26.6. The van der Waals surface area contributed by atoms with Gasteiger partial charge >= 0.3 is 0 Å². The zero-order valence-electron chi connectivity index (χ0n) is 10.5. The van der Waals surface area contributed by atoms with E-state index in [-0.39, 0.29) is 5.75 Å². The lowest BCUT2D eigenvalue weighted by atomic mass is 10.2. The Morgan fingerprint density at radius 2 is 2.05 bits per heavy atom. The molecule has 0 fully saturated rings. The first kappa shape index (κ1) is 13.6. The van der Waals surface area contributed by atoms with Crippen molar-refractivity contribution in [3.63, 3.8) is 0 Å². The van der Waals surface area contributed by atoms with Gasteiger partial charge in [-0.1, -0.05) is 12.1 Å². The lowest BCUT2D eigenvalue weighted by Crippen LogP contribution is -2.28. The zero-order valence-corrected chi connectivity index (χ0v) is 11.3. The molecule has 6 nitrogen and oxygen atoms in total. The van der Waals surface area contributed by atoms with Gasteiger partial charge < -0.3 is 10.7 Å². The first-order valence-corrected chi connectivity index (χ1v) is 7.45. The van der Waals surface area contributed by atoms with Crippen molar-refractivity contribution in [3.8, 4) is 0 Å². The van der Waals surface area contributed by atoms with Crippen molar-refractivity contribution in [1.29, 1.82) is 0 Å². The van der Waals surface area contributed by atoms with Crippen LogP contribution in [-0.2, 0) is 15.8 Å². The van der Waals surface area contributed by atoms with E-state index in [1.807, 2.05) is 0 Å². The second-order valence-corrected chi connectivity index (χ2v) is 6.07. The summed E-state index contributed by atoms with van der Waals surface area (Å²) in [7, 11) is -3.42. The van der Waals surface area contributed by atoms with Crippen molar-refractivity contribution >= 4 is 15.7 Å². The number of hydrogen-bond donors (Lipinski definition) is 3. The Hall–Kier alpha value is -1.86. The summed E-state index contributed by atoms with van der Waals surface area (Å²) in [6.45, 7) is 1.74. The summed E-state index contributed by atoms with van der Waals surface area (Å²) in [6, 6.07) is 6.37. The molecular formula is C12H16N4O2S. The fraction of sp³-hybridized carbons (Fsp3) is 0.250. The third-order valence-electron chi connectivity index (χ3n) is 2.62. The maximum absolute atomic E-state index is 12.0. The van der Waals surface area contributed by atoms with Gasteiger partial charge in [0, 0.05) is 18.1 Å². The largest absolute Gasteiger partial charge is 0.399 e. The summed E-state index contributed by atoms with van der Waals surface area (Å²) in [6.07, 6.45) is 3.24. The van der Waals surface area contributed by atoms with Crippen LogP contribution in [0.4, 0.5) is 5.69 Å². The highest BCUT2D eigenvalue weighted by molar-refractivity contribution is 7.88. The first-order chi connectivity index (χ1) is 8.96. The molecular weight excluding hydrogens is 264 g/mol. The fourth-order valence-corrected chi connectivity index (χ4v) is 3.08. The maximum Gasteiger partial charge on any atom is 0.216 e. The van der Waals surface area contributed by atoms with Gasteiger partial charge in [-0.2, -0.15) is 0 Å². The highest BCUT2D eigenvalue weighted by atomic mass is 32.2. The van der Waals surface area contributed by atoms with Crippen molar-refractivity contribution in [2.45, 2.75) is 18.7 Å². The van der Waals surface area contributed by atoms with E-state index in [4.69, 9.17) is 5.73 Å². The lowest BCUT2D eigenvalue weighted by molar-refractivity contribution is 0.560. The summed E-state index contributed by atoms with van der Waals surface area (Å²) in [5, 5.41) is 0. The SMILES string of the molecule is CC(NS(=O)(=O)Cc1ccc(N)cc1)c1ncc[nH]1. The smallest absolute Gasteiger partial charge is 0.216 e. The third kappa shape index (κ3) is 3.80. The summed E-state index contributed by atoms with van der Waals surface area (Å²) in [4.78, 5) is 6.90. The Morgan fingerprint density at radius 1 is 1.37 bits per heavy atom. The number of H-pyrrole nitrogens is 1. The van der Waals surface area contributed by atoms with Gasteiger partial charge in [-0.3, -0.25) is 0 Å². The van der Waals surface area contributed by atoms with E-state index in [0.29, 0.717) is 17.1 Å². The molecule has 0 aliphatic heterocycles. The Kier molecular flexibility index (Phi) is 3.87. The highest BCUT2D eigenvalue weighted by Gasteiger charge is 2.17. The van der Waals surface area contributed by atoms with E-state index in [9.17, 15) is 8.42 Å². The Labute approximate surface area is 112 Å². The number of nitrogens with two attached hydrogens (primary N) is 1. The minimum atomic E-state index is -3.42. The number of imidazole rings is 1. The highest BCUT2D eigenvalue weighted by Crippen LogP contribution is 2.12. The predicted octanol–water partition coefficient (Wildman–Crippen LogP) is 1.17. The van der Waals surface area contributed by atoms with Crippen LogP contribution in [0.25, 0.3) is 0 Å². The number of benzene rings is 1. The van der Waals surface area contributed by atoms with Crippen LogP contribution in [-0.4, -0.2) is 18.4 Å². The molecule has 2 rings (SSSR count). The van der Waals surface area contributed by atoms with Gasteiger partial charge in [0.15, 0.2) is 0 Å². The summed E-state index contributed by atoms with van der Waals surface area (Å²) >= 11 is 0. The van der Waals surface area contributed by atoms with E-state index in [0.717, 1.165) is 0 Å². The minimum absolute atomic E-state index is 0.0850. The van der Waals surface area contributed by atoms with Crippen molar-refractivity contribution in [2.24, 2.45) is 0 Å². The number of rotatable bonds is 5. The topological polar surface area (TPSA) is 101 Å². The van der Waals surface area contributed by atoms with Gasteiger partial charge in [0.1, 0.15) is 5.82 Å². The number of aromatic amines is 1. The molecule has 0 saturated heterocycles. The molecule has 7 heteroatoms. The number of nitrogens with one attached hydrogen (secondary N) is 2. The van der Waals surface area contributed by atoms with Crippen molar-refractivity contribution in [2.75, 3.05) is 5.73 Å². The zero-order chi connectivity index (χ0) is 13.9. The minimum Gasteiger partial charge on any atom is -0.399 e. The summed E-state index contributed by atoms with van der Waals surface area (Å²) in [5.74, 6) is 0.499. The Balaban J connectivity index is 2.04. The quantitative estimate of drug-likeness (QED) is 0.716. The van der Waals surface area contributed by atoms with E-state index in [1.54, 1.807) is 43.6 Å². The van der Waals surface area contributed by atoms with Crippen molar-refractivity contribution in [3.05, 3.63) is 48.0 Å². The number of anilines is 1. The first-order valence-electron chi connectivity index (χ1n) is 5.80. The van der Waals surface area contributed by atoms with Gasteiger partial charge in [0.2, 0.25) is 10.0 Å². The monoisotopic (exact) mass is 280 g/mol. The fourth-order valence-electron chi connectivity index (χ4n) is 1.71. The molecule has 102 valence electrons.